The summed E-state index contributed by atoms with van der Waals surface area (Å²) in [7, 11) is 0. The molecule has 2 heterocycles. The van der Waals surface area contributed by atoms with Crippen LogP contribution in [0.3, 0.4) is 0 Å². The largest absolute Gasteiger partial charge is 0.481 e. The summed E-state index contributed by atoms with van der Waals surface area (Å²) in [4.78, 5) is 55.2. The van der Waals surface area contributed by atoms with Gasteiger partial charge in [-0.3, -0.25) is 19.2 Å². The van der Waals surface area contributed by atoms with Gasteiger partial charge in [-0.05, 0) is 53.6 Å². The molecule has 0 spiro atoms. The van der Waals surface area contributed by atoms with Crippen LogP contribution in [0.15, 0.2) is 118 Å². The first-order valence-corrected chi connectivity index (χ1v) is 17.9. The number of nitrogens with one attached hydrogen (secondary N) is 2. The number of carboxylic acid groups (broad SMARTS) is 2. The van der Waals surface area contributed by atoms with Gasteiger partial charge in [0.2, 0.25) is 23.3 Å². The topological polar surface area (TPSA) is 185 Å². The van der Waals surface area contributed by atoms with E-state index < -0.39 is 83.9 Å². The molecule has 6 rings (SSSR count). The number of aliphatic carboxylic acids is 2. The van der Waals surface area contributed by atoms with E-state index in [-0.39, 0.29) is 38.5 Å². The monoisotopic (exact) mass is 876 g/mol. The molecule has 60 heavy (non-hydrogen) atoms. The minimum absolute atomic E-state index is 0.158. The fraction of sp³-hybridized carbons (Fsp3) is 0.150. The minimum atomic E-state index is -4.99. The Morgan fingerprint density at radius 1 is 0.600 bits per heavy atom. The molecular weight excluding hydrogens is 849 g/mol. The third-order valence-electron chi connectivity index (χ3n) is 8.14. The van der Waals surface area contributed by atoms with E-state index in [1.807, 2.05) is 0 Å². The molecule has 0 saturated carbocycles. The first kappa shape index (κ1) is 44.4. The number of carbonyl (C=O) groups is 4. The van der Waals surface area contributed by atoms with Crippen molar-refractivity contribution in [2.45, 2.75) is 37.3 Å². The second-order valence-electron chi connectivity index (χ2n) is 12.4. The molecule has 2 atom stereocenters. The number of carbonyl (C=O) groups excluding carboxylic acids is 2. The number of aromatic nitrogens is 2. The van der Waals surface area contributed by atoms with Crippen molar-refractivity contribution in [2.24, 2.45) is 0 Å². The Bertz CT molecular complexity index is 2480. The number of nitrogens with zero attached hydrogens (tertiary/aromatic N) is 2. The standard InChI is InChI=1S/2C20H14ClF3N2O4/c21-13-9-5-4-8-12(13)14(10-15(27)28)25-18(29)16-17(20(22,23)24)30-19(26-16)11-6-2-1-3-7-11;21-13-8-4-7-12(9-13)14(10-15(27)28)25-18(29)16-17(20(22,23)24)30-19(26-16)11-5-2-1-3-6-11/h2*1-9,14H,10H2,(H,25,29)(H,27,28)/t2*14-/m00/s1. The Labute approximate surface area is 344 Å². The first-order chi connectivity index (χ1) is 28.3. The average molecular weight is 878 g/mol. The van der Waals surface area contributed by atoms with E-state index >= 15 is 0 Å². The van der Waals surface area contributed by atoms with Gasteiger partial charge < -0.3 is 29.7 Å². The second kappa shape index (κ2) is 18.9. The molecule has 20 heteroatoms. The van der Waals surface area contributed by atoms with Crippen molar-refractivity contribution in [1.82, 2.24) is 20.6 Å². The molecular formula is C40H28Cl2F6N4O8. The highest BCUT2D eigenvalue weighted by Gasteiger charge is 2.43. The zero-order valence-electron chi connectivity index (χ0n) is 30.2. The number of alkyl halides is 6. The van der Waals surface area contributed by atoms with Crippen LogP contribution in [0.2, 0.25) is 10.0 Å². The van der Waals surface area contributed by atoms with Crippen molar-refractivity contribution in [2.75, 3.05) is 0 Å². The van der Waals surface area contributed by atoms with E-state index in [0.717, 1.165) is 0 Å². The van der Waals surface area contributed by atoms with Gasteiger partial charge in [-0.2, -0.15) is 26.3 Å². The molecule has 12 nitrogen and oxygen atoms in total. The van der Waals surface area contributed by atoms with Gasteiger partial charge in [0, 0.05) is 21.2 Å². The number of oxazole rings is 2. The molecule has 2 amide bonds. The molecule has 312 valence electrons. The summed E-state index contributed by atoms with van der Waals surface area (Å²) in [6.07, 6.45) is -11.1. The van der Waals surface area contributed by atoms with E-state index in [0.29, 0.717) is 5.56 Å². The van der Waals surface area contributed by atoms with Crippen LogP contribution in [0.1, 0.15) is 68.5 Å². The summed E-state index contributed by atoms with van der Waals surface area (Å²) in [5.74, 6) is -8.92. The van der Waals surface area contributed by atoms with Crippen LogP contribution in [0.5, 0.6) is 0 Å². The molecule has 0 aliphatic rings. The number of hydrogen-bond donors (Lipinski definition) is 4. The Hall–Kier alpha value is -6.66. The number of rotatable bonds is 12. The lowest BCUT2D eigenvalue weighted by atomic mass is 10.0. The number of benzene rings is 4. The van der Waals surface area contributed by atoms with E-state index in [2.05, 4.69) is 20.6 Å². The van der Waals surface area contributed by atoms with Crippen LogP contribution in [-0.2, 0) is 21.9 Å². The molecule has 4 aromatic carbocycles. The summed E-state index contributed by atoms with van der Waals surface area (Å²) in [6, 6.07) is 25.3. The maximum absolute atomic E-state index is 13.4. The van der Waals surface area contributed by atoms with Crippen LogP contribution in [0.25, 0.3) is 22.9 Å². The number of amides is 2. The highest BCUT2D eigenvalue weighted by atomic mass is 35.5. The van der Waals surface area contributed by atoms with Crippen molar-refractivity contribution < 1.29 is 64.6 Å². The predicted molar refractivity (Wildman–Crippen MR) is 202 cm³/mol. The summed E-state index contributed by atoms with van der Waals surface area (Å²) in [6.45, 7) is 0. The minimum Gasteiger partial charge on any atom is -0.481 e. The van der Waals surface area contributed by atoms with Crippen LogP contribution < -0.4 is 10.6 Å². The third kappa shape index (κ3) is 11.5. The summed E-state index contributed by atoms with van der Waals surface area (Å²) >= 11 is 12.0. The molecule has 4 N–H and O–H groups in total. The van der Waals surface area contributed by atoms with E-state index in [1.165, 1.54) is 60.7 Å². The maximum Gasteiger partial charge on any atom is 0.452 e. The molecule has 0 bridgehead atoms. The summed E-state index contributed by atoms with van der Waals surface area (Å²) < 4.78 is 90.3. The van der Waals surface area contributed by atoms with Gasteiger partial charge in [0.1, 0.15) is 0 Å². The fourth-order valence-electron chi connectivity index (χ4n) is 5.52. The summed E-state index contributed by atoms with van der Waals surface area (Å²) in [5.41, 5.74) is -0.925. The SMILES string of the molecule is O=C(O)C[C@H](NC(=O)c1nc(-c2ccccc2)oc1C(F)(F)F)c1cccc(Cl)c1.O=C(O)C[C@H](NC(=O)c1nc(-c2ccccc2)oc1C(F)(F)F)c1ccccc1Cl. The first-order valence-electron chi connectivity index (χ1n) is 17.1. The van der Waals surface area contributed by atoms with Crippen molar-refractivity contribution in [3.63, 3.8) is 0 Å². The normalized spacial score (nSPS) is 12.4. The van der Waals surface area contributed by atoms with Gasteiger partial charge in [0.25, 0.3) is 11.8 Å². The molecule has 0 unspecified atom stereocenters. The lowest BCUT2D eigenvalue weighted by Gasteiger charge is -2.18. The molecule has 0 saturated heterocycles. The van der Waals surface area contributed by atoms with Crippen molar-refractivity contribution in [1.29, 1.82) is 0 Å². The third-order valence-corrected chi connectivity index (χ3v) is 8.72. The zero-order chi connectivity index (χ0) is 43.8. The molecule has 0 fully saturated rings. The highest BCUT2D eigenvalue weighted by molar-refractivity contribution is 6.31. The van der Waals surface area contributed by atoms with Gasteiger partial charge in [-0.1, -0.05) is 89.9 Å². The van der Waals surface area contributed by atoms with Gasteiger partial charge >= 0.3 is 24.3 Å². The Morgan fingerprint density at radius 3 is 1.47 bits per heavy atom. The van der Waals surface area contributed by atoms with E-state index in [1.54, 1.807) is 48.5 Å². The Balaban J connectivity index is 0.000000228. The quantitative estimate of drug-likeness (QED) is 0.0863. The van der Waals surface area contributed by atoms with Crippen LogP contribution in [0.4, 0.5) is 26.3 Å². The lowest BCUT2D eigenvalue weighted by molar-refractivity contribution is -0.153. The zero-order valence-corrected chi connectivity index (χ0v) is 31.7. The van der Waals surface area contributed by atoms with Gasteiger partial charge in [-0.15, -0.1) is 0 Å². The summed E-state index contributed by atoms with van der Waals surface area (Å²) in [5, 5.41) is 23.3. The molecule has 0 aliphatic heterocycles. The van der Waals surface area contributed by atoms with Gasteiger partial charge in [-0.25, -0.2) is 9.97 Å². The molecule has 0 aliphatic carbocycles. The van der Waals surface area contributed by atoms with Crippen LogP contribution in [-0.4, -0.2) is 43.9 Å². The number of hydrogen-bond acceptors (Lipinski definition) is 8. The van der Waals surface area contributed by atoms with Crippen LogP contribution >= 0.6 is 23.2 Å². The number of carboxylic acids is 2. The van der Waals surface area contributed by atoms with Crippen molar-refractivity contribution in [3.8, 4) is 22.9 Å². The highest BCUT2D eigenvalue weighted by Crippen LogP contribution is 2.37. The van der Waals surface area contributed by atoms with Gasteiger partial charge in [0.15, 0.2) is 11.4 Å². The molecule has 6 aromatic rings. The fourth-order valence-corrected chi connectivity index (χ4v) is 5.98. The van der Waals surface area contributed by atoms with Crippen molar-refractivity contribution >= 4 is 47.0 Å². The van der Waals surface area contributed by atoms with Crippen molar-refractivity contribution in [3.05, 3.63) is 153 Å². The Kier molecular flexibility index (Phi) is 14.0. The predicted octanol–water partition coefficient (Wildman–Crippen LogP) is 9.92. The maximum atomic E-state index is 13.4. The Morgan fingerprint density at radius 2 is 1.03 bits per heavy atom. The molecule has 0 radical (unpaired) electrons. The lowest BCUT2D eigenvalue weighted by Crippen LogP contribution is -2.32. The number of halogens is 8. The van der Waals surface area contributed by atoms with Crippen LogP contribution in [0, 0.1) is 0 Å². The van der Waals surface area contributed by atoms with E-state index in [9.17, 15) is 45.5 Å². The smallest absolute Gasteiger partial charge is 0.452 e. The second-order valence-corrected chi connectivity index (χ2v) is 13.3. The van der Waals surface area contributed by atoms with E-state index in [4.69, 9.17) is 42.2 Å². The molecule has 2 aromatic heterocycles. The van der Waals surface area contributed by atoms with Gasteiger partial charge in [0.05, 0.1) is 24.9 Å². The average Bonchev–Trinajstić information content (AvgIpc) is 3.86.